The van der Waals surface area contributed by atoms with Gasteiger partial charge in [-0.3, -0.25) is 4.79 Å². The van der Waals surface area contributed by atoms with E-state index in [1.54, 1.807) is 24.3 Å². The molecule has 26 heavy (non-hydrogen) atoms. The second kappa shape index (κ2) is 9.34. The van der Waals surface area contributed by atoms with Crippen molar-refractivity contribution in [3.63, 3.8) is 0 Å². The fourth-order valence-electron chi connectivity index (χ4n) is 3.04. The molecule has 1 aliphatic rings. The van der Waals surface area contributed by atoms with E-state index in [4.69, 9.17) is 10.5 Å². The van der Waals surface area contributed by atoms with Gasteiger partial charge in [0.25, 0.3) is 0 Å². The summed E-state index contributed by atoms with van der Waals surface area (Å²) in [6, 6.07) is 6.27. The summed E-state index contributed by atoms with van der Waals surface area (Å²) in [5.74, 6) is 0.494. The third-order valence-corrected chi connectivity index (χ3v) is 6.25. The predicted octanol–water partition coefficient (Wildman–Crippen LogP) is 1.48. The third kappa shape index (κ3) is 5.43. The lowest BCUT2D eigenvalue weighted by Gasteiger charge is -2.34. The molecule has 0 spiro atoms. The molecule has 1 atom stereocenters. The summed E-state index contributed by atoms with van der Waals surface area (Å²) >= 11 is 0. The molecule has 3 N–H and O–H groups in total. The number of benzene rings is 1. The molecule has 2 rings (SSSR count). The van der Waals surface area contributed by atoms with Gasteiger partial charge in [0.2, 0.25) is 15.9 Å². The van der Waals surface area contributed by atoms with Crippen molar-refractivity contribution < 1.29 is 17.9 Å². The van der Waals surface area contributed by atoms with Crippen LogP contribution in [-0.2, 0) is 14.8 Å². The van der Waals surface area contributed by atoms with E-state index in [2.05, 4.69) is 5.32 Å². The molecule has 1 fully saturated rings. The van der Waals surface area contributed by atoms with Gasteiger partial charge < -0.3 is 15.8 Å². The summed E-state index contributed by atoms with van der Waals surface area (Å²) in [5.41, 5.74) is 5.38. The van der Waals surface area contributed by atoms with Crippen molar-refractivity contribution in [3.8, 4) is 5.75 Å². The number of piperidine rings is 1. The average molecular weight is 384 g/mol. The van der Waals surface area contributed by atoms with E-state index in [1.165, 1.54) is 4.31 Å². The second-order valence-electron chi connectivity index (χ2n) is 6.75. The number of amides is 1. The Hall–Kier alpha value is -1.64. The number of hydrogen-bond acceptors (Lipinski definition) is 5. The van der Waals surface area contributed by atoms with Crippen LogP contribution in [0.1, 0.15) is 39.5 Å². The van der Waals surface area contributed by atoms with E-state index in [1.807, 2.05) is 13.8 Å². The molecule has 1 saturated heterocycles. The third-order valence-electron chi connectivity index (χ3n) is 4.28. The Bertz CT molecular complexity index is 689. The van der Waals surface area contributed by atoms with Crippen LogP contribution in [0, 0.1) is 0 Å². The molecule has 1 heterocycles. The van der Waals surface area contributed by atoms with Crippen molar-refractivity contribution in [2.24, 2.45) is 5.73 Å². The number of nitrogens with one attached hydrogen (secondary N) is 1. The molecule has 1 aromatic carbocycles. The molecule has 1 aliphatic heterocycles. The van der Waals surface area contributed by atoms with Crippen LogP contribution < -0.4 is 15.8 Å². The zero-order valence-electron chi connectivity index (χ0n) is 15.5. The maximum Gasteiger partial charge on any atom is 0.243 e. The zero-order chi connectivity index (χ0) is 19.2. The predicted molar refractivity (Wildman–Crippen MR) is 100 cm³/mol. The van der Waals surface area contributed by atoms with Gasteiger partial charge in [0.1, 0.15) is 5.75 Å². The molecule has 7 nitrogen and oxygen atoms in total. The largest absolute Gasteiger partial charge is 0.491 e. The lowest BCUT2D eigenvalue weighted by atomic mass is 10.1. The topological polar surface area (TPSA) is 102 Å². The van der Waals surface area contributed by atoms with Gasteiger partial charge in [-0.05, 0) is 51.0 Å². The summed E-state index contributed by atoms with van der Waals surface area (Å²) in [4.78, 5) is 11.9. The quantitative estimate of drug-likeness (QED) is 0.708. The number of ether oxygens (including phenoxy) is 1. The first-order chi connectivity index (χ1) is 12.3. The van der Waals surface area contributed by atoms with Crippen molar-refractivity contribution in [2.75, 3.05) is 19.6 Å². The lowest BCUT2D eigenvalue weighted by Crippen LogP contribution is -2.49. The fourth-order valence-corrected chi connectivity index (χ4v) is 4.74. The maximum absolute atomic E-state index is 13.1. The lowest BCUT2D eigenvalue weighted by molar-refractivity contribution is -0.121. The second-order valence-corrected chi connectivity index (χ2v) is 8.64. The Balaban J connectivity index is 2.12. The van der Waals surface area contributed by atoms with Gasteiger partial charge in [-0.25, -0.2) is 8.42 Å². The number of rotatable bonds is 8. The Morgan fingerprint density at radius 1 is 1.31 bits per heavy atom. The van der Waals surface area contributed by atoms with E-state index in [9.17, 15) is 13.2 Å². The van der Waals surface area contributed by atoms with Crippen LogP contribution in [0.4, 0.5) is 0 Å². The number of carbonyl (C=O) groups is 1. The molecule has 0 aromatic heterocycles. The van der Waals surface area contributed by atoms with Crippen LogP contribution in [0.2, 0.25) is 0 Å². The highest BCUT2D eigenvalue weighted by molar-refractivity contribution is 7.89. The Labute approximate surface area is 155 Å². The summed E-state index contributed by atoms with van der Waals surface area (Å²) in [6.45, 7) is 4.89. The monoisotopic (exact) mass is 383 g/mol. The van der Waals surface area contributed by atoms with Crippen molar-refractivity contribution in [3.05, 3.63) is 24.3 Å². The zero-order valence-corrected chi connectivity index (χ0v) is 16.3. The molecular weight excluding hydrogens is 354 g/mol. The summed E-state index contributed by atoms with van der Waals surface area (Å²) in [6.07, 6.45) is 2.78. The van der Waals surface area contributed by atoms with Crippen LogP contribution in [0.3, 0.4) is 0 Å². The highest BCUT2D eigenvalue weighted by atomic mass is 32.2. The number of nitrogens with zero attached hydrogens (tertiary/aromatic N) is 1. The van der Waals surface area contributed by atoms with Crippen LogP contribution in [0.15, 0.2) is 29.2 Å². The molecule has 0 bridgehead atoms. The molecular formula is C18H29N3O4S. The summed E-state index contributed by atoms with van der Waals surface area (Å²) in [5, 5.41) is 2.79. The van der Waals surface area contributed by atoms with E-state index < -0.39 is 10.0 Å². The van der Waals surface area contributed by atoms with E-state index in [0.717, 1.165) is 19.3 Å². The molecule has 1 unspecified atom stereocenters. The van der Waals surface area contributed by atoms with Gasteiger partial charge in [-0.15, -0.1) is 0 Å². The van der Waals surface area contributed by atoms with Gasteiger partial charge in [0, 0.05) is 32.1 Å². The smallest absolute Gasteiger partial charge is 0.243 e. The molecule has 0 saturated carbocycles. The number of carbonyl (C=O) groups excluding carboxylic acids is 1. The first kappa shape index (κ1) is 20.7. The van der Waals surface area contributed by atoms with Crippen molar-refractivity contribution in [2.45, 2.75) is 56.6 Å². The van der Waals surface area contributed by atoms with E-state index in [0.29, 0.717) is 18.8 Å². The normalized spacial score (nSPS) is 18.7. The van der Waals surface area contributed by atoms with E-state index >= 15 is 0 Å². The van der Waals surface area contributed by atoms with Crippen LogP contribution in [0.5, 0.6) is 5.75 Å². The minimum atomic E-state index is -3.61. The van der Waals surface area contributed by atoms with Crippen molar-refractivity contribution in [1.82, 2.24) is 9.62 Å². The molecule has 0 aliphatic carbocycles. The van der Waals surface area contributed by atoms with Crippen molar-refractivity contribution >= 4 is 15.9 Å². The van der Waals surface area contributed by atoms with Crippen LogP contribution in [0.25, 0.3) is 0 Å². The first-order valence-electron chi connectivity index (χ1n) is 9.10. The number of sulfonamides is 1. The SMILES string of the molecule is CC(C)Oc1ccc(S(=O)(=O)N2CCCCC2CNC(=O)CCN)cc1. The molecule has 1 amide bonds. The first-order valence-corrected chi connectivity index (χ1v) is 10.5. The summed E-state index contributed by atoms with van der Waals surface area (Å²) in [7, 11) is -3.61. The van der Waals surface area contributed by atoms with Gasteiger partial charge in [0.05, 0.1) is 11.0 Å². The van der Waals surface area contributed by atoms with Crippen LogP contribution in [-0.4, -0.2) is 50.4 Å². The van der Waals surface area contributed by atoms with E-state index in [-0.39, 0.29) is 35.9 Å². The Kier molecular flexibility index (Phi) is 7.43. The van der Waals surface area contributed by atoms with Crippen LogP contribution >= 0.6 is 0 Å². The molecule has 146 valence electrons. The molecule has 1 aromatic rings. The fraction of sp³-hybridized carbons (Fsp3) is 0.611. The van der Waals surface area contributed by atoms with Gasteiger partial charge in [-0.2, -0.15) is 4.31 Å². The Morgan fingerprint density at radius 3 is 2.62 bits per heavy atom. The standard InChI is InChI=1S/C18H29N3O4S/c1-14(2)25-16-6-8-17(9-7-16)26(23,24)21-12-4-3-5-15(21)13-20-18(22)10-11-19/h6-9,14-15H,3-5,10-13,19H2,1-2H3,(H,20,22). The molecule has 8 heteroatoms. The number of hydrogen-bond donors (Lipinski definition) is 2. The summed E-state index contributed by atoms with van der Waals surface area (Å²) < 4.78 is 33.2. The maximum atomic E-state index is 13.1. The highest BCUT2D eigenvalue weighted by Crippen LogP contribution is 2.26. The molecule has 0 radical (unpaired) electrons. The average Bonchev–Trinajstić information content (AvgIpc) is 2.60. The Morgan fingerprint density at radius 2 is 2.00 bits per heavy atom. The van der Waals surface area contributed by atoms with Crippen molar-refractivity contribution in [1.29, 1.82) is 0 Å². The van der Waals surface area contributed by atoms with Gasteiger partial charge >= 0.3 is 0 Å². The minimum Gasteiger partial charge on any atom is -0.491 e. The highest BCUT2D eigenvalue weighted by Gasteiger charge is 2.33. The minimum absolute atomic E-state index is 0.0288. The van der Waals surface area contributed by atoms with Gasteiger partial charge in [-0.1, -0.05) is 6.42 Å². The number of nitrogens with two attached hydrogens (primary N) is 1. The van der Waals surface area contributed by atoms with Gasteiger partial charge in [0.15, 0.2) is 0 Å².